The highest BCUT2D eigenvalue weighted by Gasteiger charge is 2.27. The second kappa shape index (κ2) is 8.50. The van der Waals surface area contributed by atoms with Crippen LogP contribution in [0.3, 0.4) is 0 Å². The predicted octanol–water partition coefficient (Wildman–Crippen LogP) is 2.45. The summed E-state index contributed by atoms with van der Waals surface area (Å²) in [6.45, 7) is 2.65. The molecule has 152 valence electrons. The van der Waals surface area contributed by atoms with E-state index in [1.165, 1.54) is 40.9 Å². The molecule has 0 saturated carbocycles. The monoisotopic (exact) mass is 416 g/mol. The molecule has 0 atom stereocenters. The number of aryl methyl sites for hydroxylation is 1. The fourth-order valence-electron chi connectivity index (χ4n) is 2.99. The van der Waals surface area contributed by atoms with Gasteiger partial charge in [0.25, 0.3) is 11.6 Å². The molecule has 1 saturated heterocycles. The lowest BCUT2D eigenvalue weighted by molar-refractivity contribution is -0.385. The van der Waals surface area contributed by atoms with Crippen LogP contribution in [-0.2, 0) is 10.0 Å². The predicted molar refractivity (Wildman–Crippen MR) is 107 cm³/mol. The van der Waals surface area contributed by atoms with Crippen molar-refractivity contribution in [2.75, 3.05) is 13.1 Å². The minimum Gasteiger partial charge on any atom is -0.267 e. The molecule has 0 aliphatic carbocycles. The van der Waals surface area contributed by atoms with E-state index in [-0.39, 0.29) is 16.1 Å². The topological polar surface area (TPSA) is 122 Å². The van der Waals surface area contributed by atoms with E-state index in [4.69, 9.17) is 0 Å². The van der Waals surface area contributed by atoms with Crippen LogP contribution in [-0.4, -0.2) is 42.9 Å². The molecule has 1 amide bonds. The Balaban J connectivity index is 1.66. The number of sulfonamides is 1. The molecule has 0 spiro atoms. The third-order valence-corrected chi connectivity index (χ3v) is 6.54. The Labute approximate surface area is 168 Å². The van der Waals surface area contributed by atoms with Gasteiger partial charge in [0.1, 0.15) is 0 Å². The zero-order valence-electron chi connectivity index (χ0n) is 15.7. The molecule has 0 bridgehead atoms. The van der Waals surface area contributed by atoms with Crippen LogP contribution >= 0.6 is 0 Å². The lowest BCUT2D eigenvalue weighted by atomic mass is 10.1. The van der Waals surface area contributed by atoms with Crippen LogP contribution in [0, 0.1) is 17.0 Å². The summed E-state index contributed by atoms with van der Waals surface area (Å²) < 4.78 is 26.4. The Morgan fingerprint density at radius 1 is 1.17 bits per heavy atom. The lowest BCUT2D eigenvalue weighted by Gasteiger charge is -2.15. The first-order valence-corrected chi connectivity index (χ1v) is 10.4. The average molecular weight is 416 g/mol. The number of nitro benzene ring substituents is 1. The van der Waals surface area contributed by atoms with Gasteiger partial charge in [0.05, 0.1) is 16.0 Å². The normalized spacial score (nSPS) is 14.9. The van der Waals surface area contributed by atoms with Gasteiger partial charge in [-0.2, -0.15) is 9.41 Å². The van der Waals surface area contributed by atoms with Gasteiger partial charge in [-0.1, -0.05) is 12.1 Å². The highest BCUT2D eigenvalue weighted by Crippen LogP contribution is 2.21. The van der Waals surface area contributed by atoms with Crippen LogP contribution in [0.2, 0.25) is 0 Å². The molecule has 10 heteroatoms. The standard InChI is InChI=1S/C19H20N4O5S/c1-14-4-5-15(12-18(14)23(25)26)13-20-21-19(24)16-6-8-17(9-7-16)29(27,28)22-10-2-3-11-22/h4-9,12-13H,2-3,10-11H2,1H3,(H,21,24)/b20-13-. The number of hydrogen-bond donors (Lipinski definition) is 1. The Hall–Kier alpha value is -3.11. The Morgan fingerprint density at radius 3 is 2.45 bits per heavy atom. The quantitative estimate of drug-likeness (QED) is 0.440. The number of benzene rings is 2. The summed E-state index contributed by atoms with van der Waals surface area (Å²) in [7, 11) is -3.53. The first-order chi connectivity index (χ1) is 13.8. The van der Waals surface area contributed by atoms with E-state index in [0.29, 0.717) is 24.2 Å². The number of nitrogens with one attached hydrogen (secondary N) is 1. The van der Waals surface area contributed by atoms with Crippen LogP contribution in [0.4, 0.5) is 5.69 Å². The molecule has 1 N–H and O–H groups in total. The SMILES string of the molecule is Cc1ccc(/C=N\NC(=O)c2ccc(S(=O)(=O)N3CCCC3)cc2)cc1[N+](=O)[O-]. The van der Waals surface area contributed by atoms with Gasteiger partial charge in [0.15, 0.2) is 0 Å². The summed E-state index contributed by atoms with van der Waals surface area (Å²) in [5.41, 5.74) is 3.54. The summed E-state index contributed by atoms with van der Waals surface area (Å²) >= 11 is 0. The number of nitrogens with zero attached hydrogens (tertiary/aromatic N) is 3. The van der Waals surface area contributed by atoms with E-state index < -0.39 is 20.9 Å². The maximum atomic E-state index is 12.5. The number of amides is 1. The minimum atomic E-state index is -3.53. The van der Waals surface area contributed by atoms with Crippen molar-refractivity contribution in [2.24, 2.45) is 5.10 Å². The molecule has 29 heavy (non-hydrogen) atoms. The summed E-state index contributed by atoms with van der Waals surface area (Å²) in [5, 5.41) is 14.8. The molecule has 2 aromatic rings. The Morgan fingerprint density at radius 2 is 1.83 bits per heavy atom. The summed E-state index contributed by atoms with van der Waals surface area (Å²) in [4.78, 5) is 22.8. The van der Waals surface area contributed by atoms with E-state index in [9.17, 15) is 23.3 Å². The first kappa shape index (κ1) is 20.6. The van der Waals surface area contributed by atoms with Gasteiger partial charge >= 0.3 is 0 Å². The summed E-state index contributed by atoms with van der Waals surface area (Å²) in [5.74, 6) is -0.520. The van der Waals surface area contributed by atoms with Gasteiger partial charge in [-0.3, -0.25) is 14.9 Å². The number of nitro groups is 1. The minimum absolute atomic E-state index is 0.0323. The van der Waals surface area contributed by atoms with E-state index in [1.54, 1.807) is 19.1 Å². The highest BCUT2D eigenvalue weighted by atomic mass is 32.2. The first-order valence-electron chi connectivity index (χ1n) is 8.98. The van der Waals surface area contributed by atoms with Crippen LogP contribution in [0.1, 0.15) is 34.3 Å². The molecule has 0 radical (unpaired) electrons. The van der Waals surface area contributed by atoms with Crippen molar-refractivity contribution in [1.82, 2.24) is 9.73 Å². The van der Waals surface area contributed by atoms with E-state index in [2.05, 4.69) is 10.5 Å². The smallest absolute Gasteiger partial charge is 0.267 e. The van der Waals surface area contributed by atoms with Crippen molar-refractivity contribution in [3.8, 4) is 0 Å². The number of carbonyl (C=O) groups excluding carboxylic acids is 1. The van der Waals surface area contributed by atoms with Gasteiger partial charge in [0.2, 0.25) is 10.0 Å². The van der Waals surface area contributed by atoms with Crippen molar-refractivity contribution in [1.29, 1.82) is 0 Å². The maximum absolute atomic E-state index is 12.5. The Kier molecular flexibility index (Phi) is 6.04. The second-order valence-corrected chi connectivity index (χ2v) is 8.58. The molecule has 1 fully saturated rings. The largest absolute Gasteiger partial charge is 0.272 e. The van der Waals surface area contributed by atoms with Crippen molar-refractivity contribution in [3.05, 3.63) is 69.3 Å². The fraction of sp³-hybridized carbons (Fsp3) is 0.263. The summed E-state index contributed by atoms with van der Waals surface area (Å²) in [6, 6.07) is 10.3. The van der Waals surface area contributed by atoms with Crippen LogP contribution in [0.25, 0.3) is 0 Å². The number of rotatable bonds is 6. The van der Waals surface area contributed by atoms with Gasteiger partial charge in [-0.15, -0.1) is 0 Å². The highest BCUT2D eigenvalue weighted by molar-refractivity contribution is 7.89. The van der Waals surface area contributed by atoms with Crippen LogP contribution in [0.15, 0.2) is 52.5 Å². The lowest BCUT2D eigenvalue weighted by Crippen LogP contribution is -2.28. The molecular weight excluding hydrogens is 396 g/mol. The van der Waals surface area contributed by atoms with Gasteiger partial charge in [-0.05, 0) is 44.0 Å². The zero-order chi connectivity index (χ0) is 21.0. The molecular formula is C19H20N4O5S. The van der Waals surface area contributed by atoms with Crippen molar-refractivity contribution in [3.63, 3.8) is 0 Å². The molecule has 3 rings (SSSR count). The van der Waals surface area contributed by atoms with E-state index >= 15 is 0 Å². The number of carbonyl (C=O) groups is 1. The second-order valence-electron chi connectivity index (χ2n) is 6.64. The van der Waals surface area contributed by atoms with Crippen LogP contribution < -0.4 is 5.43 Å². The van der Waals surface area contributed by atoms with E-state index in [0.717, 1.165) is 12.8 Å². The third-order valence-electron chi connectivity index (χ3n) is 4.63. The van der Waals surface area contributed by atoms with E-state index in [1.807, 2.05) is 0 Å². The number of hydrazone groups is 1. The van der Waals surface area contributed by atoms with Crippen molar-refractivity contribution < 1.29 is 18.1 Å². The Bertz CT molecular complexity index is 1060. The maximum Gasteiger partial charge on any atom is 0.272 e. The van der Waals surface area contributed by atoms with Crippen molar-refractivity contribution >= 4 is 27.8 Å². The summed E-state index contributed by atoms with van der Waals surface area (Å²) in [6.07, 6.45) is 3.00. The van der Waals surface area contributed by atoms with Crippen LogP contribution in [0.5, 0.6) is 0 Å². The zero-order valence-corrected chi connectivity index (χ0v) is 16.6. The molecule has 1 heterocycles. The molecule has 0 unspecified atom stereocenters. The number of hydrogen-bond acceptors (Lipinski definition) is 6. The van der Waals surface area contributed by atoms with Gasteiger partial charge < -0.3 is 0 Å². The molecule has 2 aromatic carbocycles. The van der Waals surface area contributed by atoms with Gasteiger partial charge in [0, 0.05) is 35.8 Å². The molecule has 0 aromatic heterocycles. The van der Waals surface area contributed by atoms with Crippen molar-refractivity contribution in [2.45, 2.75) is 24.7 Å². The fourth-order valence-corrected chi connectivity index (χ4v) is 4.51. The molecule has 1 aliphatic rings. The third kappa shape index (κ3) is 4.66. The molecule has 9 nitrogen and oxygen atoms in total. The van der Waals surface area contributed by atoms with Gasteiger partial charge in [-0.25, -0.2) is 13.8 Å². The molecule has 1 aliphatic heterocycles. The average Bonchev–Trinajstić information content (AvgIpc) is 3.25.